The highest BCUT2D eigenvalue weighted by molar-refractivity contribution is 6.12. The van der Waals surface area contributed by atoms with Crippen LogP contribution < -0.4 is 15.8 Å². The van der Waals surface area contributed by atoms with Gasteiger partial charge in [0, 0.05) is 11.3 Å². The van der Waals surface area contributed by atoms with Crippen LogP contribution in [0.5, 0.6) is 5.88 Å². The molecule has 0 bridgehead atoms. The lowest BCUT2D eigenvalue weighted by atomic mass is 9.69. The number of hydrogen-bond acceptors (Lipinski definition) is 5. The van der Waals surface area contributed by atoms with Crippen LogP contribution >= 0.6 is 0 Å². The highest BCUT2D eigenvalue weighted by atomic mass is 16.5. The summed E-state index contributed by atoms with van der Waals surface area (Å²) in [6.07, 6.45) is 0. The van der Waals surface area contributed by atoms with Crippen LogP contribution in [-0.2, 0) is 10.2 Å². The first-order valence-electron chi connectivity index (χ1n) is 8.73. The van der Waals surface area contributed by atoms with Gasteiger partial charge in [0.15, 0.2) is 0 Å². The molecule has 3 aromatic rings. The Kier molecular flexibility index (Phi) is 3.16. The van der Waals surface area contributed by atoms with E-state index in [0.29, 0.717) is 28.4 Å². The summed E-state index contributed by atoms with van der Waals surface area (Å²) in [6.45, 7) is 1.80. The van der Waals surface area contributed by atoms with Crippen LogP contribution in [0.3, 0.4) is 0 Å². The molecule has 1 spiro atoms. The Balaban J connectivity index is 1.90. The predicted octanol–water partition coefficient (Wildman–Crippen LogP) is 2.51. The van der Waals surface area contributed by atoms with Crippen molar-refractivity contribution in [1.82, 2.24) is 9.78 Å². The molecule has 0 fully saturated rings. The number of ether oxygens (including phenoxy) is 1. The number of carbonyl (C=O) groups excluding carboxylic acids is 1. The standard InChI is InChI=1S/C21H15N5O2/c1-12-17-19(26(25-12)13-7-3-2-4-8-13)28-18(23)15(11-22)21(17)14-9-5-6-10-16(14)24-20(21)27/h2-10H,23H2,1H3,(H,24,27). The molecule has 2 aliphatic rings. The summed E-state index contributed by atoms with van der Waals surface area (Å²) in [5.74, 6) is -0.0977. The number of anilines is 1. The molecule has 2 aliphatic heterocycles. The molecule has 1 aromatic heterocycles. The van der Waals surface area contributed by atoms with Crippen molar-refractivity contribution < 1.29 is 9.53 Å². The van der Waals surface area contributed by atoms with Gasteiger partial charge in [-0.2, -0.15) is 10.4 Å². The van der Waals surface area contributed by atoms with Gasteiger partial charge in [-0.15, -0.1) is 0 Å². The SMILES string of the molecule is Cc1nn(-c2ccccc2)c2c1C1(C(=O)Nc3ccccc31)C(C#N)=C(N)O2. The molecule has 136 valence electrons. The zero-order valence-corrected chi connectivity index (χ0v) is 14.9. The minimum Gasteiger partial charge on any atom is -0.422 e. The summed E-state index contributed by atoms with van der Waals surface area (Å²) in [6, 6.07) is 18.8. The van der Waals surface area contributed by atoms with E-state index in [9.17, 15) is 10.1 Å². The van der Waals surface area contributed by atoms with Crippen molar-refractivity contribution in [2.75, 3.05) is 5.32 Å². The van der Waals surface area contributed by atoms with Gasteiger partial charge < -0.3 is 15.8 Å². The molecule has 28 heavy (non-hydrogen) atoms. The molecule has 0 radical (unpaired) electrons. The summed E-state index contributed by atoms with van der Waals surface area (Å²) < 4.78 is 7.46. The molecule has 0 aliphatic carbocycles. The van der Waals surface area contributed by atoms with Crippen molar-refractivity contribution in [3.63, 3.8) is 0 Å². The Morgan fingerprint density at radius 3 is 2.64 bits per heavy atom. The lowest BCUT2D eigenvalue weighted by Gasteiger charge is -2.32. The normalized spacial score (nSPS) is 19.6. The van der Waals surface area contributed by atoms with Gasteiger partial charge in [-0.25, -0.2) is 4.68 Å². The van der Waals surface area contributed by atoms with Gasteiger partial charge in [-0.1, -0.05) is 36.4 Å². The first-order valence-corrected chi connectivity index (χ1v) is 8.73. The number of nitrogens with one attached hydrogen (secondary N) is 1. The van der Waals surface area contributed by atoms with Gasteiger partial charge in [-0.05, 0) is 25.1 Å². The Morgan fingerprint density at radius 1 is 1.18 bits per heavy atom. The zero-order chi connectivity index (χ0) is 19.5. The molecule has 1 amide bonds. The van der Waals surface area contributed by atoms with Crippen molar-refractivity contribution in [1.29, 1.82) is 5.26 Å². The molecule has 0 saturated heterocycles. The second-order valence-corrected chi connectivity index (χ2v) is 6.72. The fourth-order valence-electron chi connectivity index (χ4n) is 4.13. The highest BCUT2D eigenvalue weighted by Gasteiger charge is 2.58. The number of fused-ring (bicyclic) bond motifs is 4. The van der Waals surface area contributed by atoms with E-state index in [1.165, 1.54) is 0 Å². The molecule has 2 aromatic carbocycles. The molecule has 1 unspecified atom stereocenters. The van der Waals surface area contributed by atoms with Crippen molar-refractivity contribution in [2.24, 2.45) is 5.73 Å². The molecular formula is C21H15N5O2. The maximum absolute atomic E-state index is 13.3. The number of para-hydroxylation sites is 2. The first kappa shape index (κ1) is 16.1. The average molecular weight is 369 g/mol. The Hall–Kier alpha value is -4.05. The maximum atomic E-state index is 13.3. The summed E-state index contributed by atoms with van der Waals surface area (Å²) >= 11 is 0. The van der Waals surface area contributed by atoms with Crippen LogP contribution in [0.25, 0.3) is 5.69 Å². The average Bonchev–Trinajstić information content (AvgIpc) is 3.18. The fourth-order valence-corrected chi connectivity index (χ4v) is 4.13. The van der Waals surface area contributed by atoms with E-state index < -0.39 is 5.41 Å². The molecular weight excluding hydrogens is 354 g/mol. The molecule has 3 N–H and O–H groups in total. The van der Waals surface area contributed by atoms with Crippen LogP contribution in [0.15, 0.2) is 66.1 Å². The third kappa shape index (κ3) is 1.81. The number of nitrogens with zero attached hydrogens (tertiary/aromatic N) is 3. The number of aromatic nitrogens is 2. The number of aryl methyl sites for hydroxylation is 1. The fraction of sp³-hybridized carbons (Fsp3) is 0.0952. The van der Waals surface area contributed by atoms with Crippen LogP contribution in [0.1, 0.15) is 16.8 Å². The lowest BCUT2D eigenvalue weighted by Crippen LogP contribution is -2.42. The van der Waals surface area contributed by atoms with Crippen LogP contribution in [0.4, 0.5) is 5.69 Å². The minimum atomic E-state index is -1.39. The van der Waals surface area contributed by atoms with Crippen LogP contribution in [0.2, 0.25) is 0 Å². The van der Waals surface area contributed by atoms with E-state index in [2.05, 4.69) is 16.5 Å². The number of rotatable bonds is 1. The van der Waals surface area contributed by atoms with E-state index in [4.69, 9.17) is 10.5 Å². The van der Waals surface area contributed by atoms with Crippen molar-refractivity contribution in [3.05, 3.63) is 82.9 Å². The topological polar surface area (TPSA) is 106 Å². The molecule has 5 rings (SSSR count). The van der Waals surface area contributed by atoms with Crippen LogP contribution in [-0.4, -0.2) is 15.7 Å². The lowest BCUT2D eigenvalue weighted by molar-refractivity contribution is -0.118. The summed E-state index contributed by atoms with van der Waals surface area (Å²) in [4.78, 5) is 13.3. The second-order valence-electron chi connectivity index (χ2n) is 6.72. The van der Waals surface area contributed by atoms with Crippen molar-refractivity contribution in [2.45, 2.75) is 12.3 Å². The van der Waals surface area contributed by atoms with E-state index in [1.807, 2.05) is 48.5 Å². The maximum Gasteiger partial charge on any atom is 0.245 e. The van der Waals surface area contributed by atoms with E-state index in [1.54, 1.807) is 17.7 Å². The van der Waals surface area contributed by atoms with Crippen molar-refractivity contribution >= 4 is 11.6 Å². The Labute approximate surface area is 160 Å². The third-order valence-electron chi connectivity index (χ3n) is 5.25. The molecule has 7 nitrogen and oxygen atoms in total. The van der Waals surface area contributed by atoms with E-state index >= 15 is 0 Å². The number of amides is 1. The van der Waals surface area contributed by atoms with E-state index in [-0.39, 0.29) is 17.4 Å². The molecule has 7 heteroatoms. The molecule has 0 saturated carbocycles. The monoisotopic (exact) mass is 369 g/mol. The van der Waals surface area contributed by atoms with Gasteiger partial charge in [0.1, 0.15) is 17.1 Å². The van der Waals surface area contributed by atoms with E-state index in [0.717, 1.165) is 5.69 Å². The number of nitrogens with two attached hydrogens (primary N) is 1. The number of nitriles is 1. The summed E-state index contributed by atoms with van der Waals surface area (Å²) in [7, 11) is 0. The Morgan fingerprint density at radius 2 is 1.89 bits per heavy atom. The largest absolute Gasteiger partial charge is 0.422 e. The van der Waals surface area contributed by atoms with Gasteiger partial charge >= 0.3 is 0 Å². The molecule has 3 heterocycles. The zero-order valence-electron chi connectivity index (χ0n) is 14.9. The molecule has 1 atom stereocenters. The second kappa shape index (κ2) is 5.47. The number of hydrogen-bond donors (Lipinski definition) is 2. The number of carbonyl (C=O) groups is 1. The Bertz CT molecular complexity index is 1220. The van der Waals surface area contributed by atoms with Crippen LogP contribution in [0, 0.1) is 18.3 Å². The summed E-state index contributed by atoms with van der Waals surface area (Å²) in [5.41, 5.74) is 8.03. The van der Waals surface area contributed by atoms with Gasteiger partial charge in [0.05, 0.1) is 16.9 Å². The number of benzene rings is 2. The predicted molar refractivity (Wildman–Crippen MR) is 102 cm³/mol. The van der Waals surface area contributed by atoms with Crippen molar-refractivity contribution in [3.8, 4) is 17.6 Å². The quantitative estimate of drug-likeness (QED) is 0.685. The minimum absolute atomic E-state index is 0.0677. The third-order valence-corrected chi connectivity index (χ3v) is 5.25. The van der Waals surface area contributed by atoms with Gasteiger partial charge in [-0.3, -0.25) is 4.79 Å². The van der Waals surface area contributed by atoms with Gasteiger partial charge in [0.2, 0.25) is 17.7 Å². The highest BCUT2D eigenvalue weighted by Crippen LogP contribution is 2.54. The smallest absolute Gasteiger partial charge is 0.245 e. The summed E-state index contributed by atoms with van der Waals surface area (Å²) in [5, 5.41) is 17.4. The van der Waals surface area contributed by atoms with Gasteiger partial charge in [0.25, 0.3) is 0 Å². The first-order chi connectivity index (χ1) is 13.6.